The normalized spacial score (nSPS) is 21.8. The highest BCUT2D eigenvalue weighted by Crippen LogP contribution is 2.46. The van der Waals surface area contributed by atoms with E-state index >= 15 is 0 Å². The number of nitrogens with one attached hydrogen (secondary N) is 1. The summed E-state index contributed by atoms with van der Waals surface area (Å²) in [5.41, 5.74) is 15.8. The van der Waals surface area contributed by atoms with Gasteiger partial charge in [-0.25, -0.2) is 4.98 Å². The lowest BCUT2D eigenvalue weighted by Gasteiger charge is -2.31. The number of hydrogen-bond acceptors (Lipinski definition) is 6. The van der Waals surface area contributed by atoms with Crippen LogP contribution in [0.2, 0.25) is 0 Å². The average molecular weight is 393 g/mol. The molecule has 2 aliphatic carbocycles. The minimum Gasteiger partial charge on any atom is -0.365 e. The molecule has 1 atom stereocenters. The van der Waals surface area contributed by atoms with Crippen molar-refractivity contribution < 1.29 is 4.79 Å². The number of hydrogen-bond donors (Lipinski definition) is 3. The van der Waals surface area contributed by atoms with Crippen molar-refractivity contribution in [2.24, 2.45) is 11.5 Å². The van der Waals surface area contributed by atoms with E-state index in [1.807, 2.05) is 0 Å². The van der Waals surface area contributed by atoms with Crippen LogP contribution < -0.4 is 21.7 Å². The lowest BCUT2D eigenvalue weighted by molar-refractivity contribution is 0.100. The first-order valence-corrected chi connectivity index (χ1v) is 10.7. The third-order valence-corrected chi connectivity index (χ3v) is 6.12. The van der Waals surface area contributed by atoms with Crippen molar-refractivity contribution in [1.82, 2.24) is 9.97 Å². The maximum atomic E-state index is 12.0. The van der Waals surface area contributed by atoms with Gasteiger partial charge in [-0.1, -0.05) is 6.07 Å². The second-order valence-corrected chi connectivity index (χ2v) is 8.71. The molecule has 29 heavy (non-hydrogen) atoms. The summed E-state index contributed by atoms with van der Waals surface area (Å²) < 4.78 is 0. The Hall–Kier alpha value is -2.67. The van der Waals surface area contributed by atoms with Crippen LogP contribution in [0, 0.1) is 0 Å². The Balaban J connectivity index is 1.47. The maximum Gasteiger partial charge on any atom is 0.254 e. The number of aromatic nitrogens is 2. The molecule has 3 aliphatic rings. The molecule has 0 unspecified atom stereocenters. The zero-order valence-corrected chi connectivity index (χ0v) is 16.6. The number of nitrogens with zero attached hydrogens (tertiary/aromatic N) is 3. The monoisotopic (exact) mass is 392 g/mol. The first-order valence-electron chi connectivity index (χ1n) is 10.7. The van der Waals surface area contributed by atoms with Gasteiger partial charge in [0.05, 0.1) is 0 Å². The van der Waals surface area contributed by atoms with Crippen molar-refractivity contribution >= 4 is 23.4 Å². The summed E-state index contributed by atoms with van der Waals surface area (Å²) >= 11 is 0. The molecule has 2 saturated carbocycles. The highest BCUT2D eigenvalue weighted by molar-refractivity contribution is 5.98. The number of rotatable bonds is 6. The van der Waals surface area contributed by atoms with Gasteiger partial charge in [-0.05, 0) is 73.6 Å². The molecular formula is C22H28N6O. The van der Waals surface area contributed by atoms with E-state index in [0.29, 0.717) is 29.2 Å². The quantitative estimate of drug-likeness (QED) is 0.697. The molecule has 0 radical (unpaired) electrons. The molecule has 1 aliphatic heterocycles. The van der Waals surface area contributed by atoms with Crippen molar-refractivity contribution in [3.05, 3.63) is 41.1 Å². The van der Waals surface area contributed by atoms with Gasteiger partial charge in [-0.2, -0.15) is 4.98 Å². The predicted octanol–water partition coefficient (Wildman–Crippen LogP) is 3.00. The van der Waals surface area contributed by atoms with Crippen LogP contribution in [-0.2, 0) is 0 Å². The number of nitrogens with two attached hydrogens (primary N) is 2. The van der Waals surface area contributed by atoms with E-state index in [1.165, 1.54) is 43.0 Å². The molecule has 7 heteroatoms. The zero-order valence-electron chi connectivity index (χ0n) is 16.6. The van der Waals surface area contributed by atoms with Crippen LogP contribution in [0.4, 0.5) is 17.5 Å². The molecule has 1 saturated heterocycles. The number of carbonyl (C=O) groups is 1. The van der Waals surface area contributed by atoms with E-state index in [2.05, 4.69) is 38.4 Å². The number of benzene rings is 1. The van der Waals surface area contributed by atoms with Gasteiger partial charge in [-0.3, -0.25) is 4.79 Å². The van der Waals surface area contributed by atoms with Gasteiger partial charge < -0.3 is 21.7 Å². The molecule has 1 aromatic heterocycles. The van der Waals surface area contributed by atoms with Crippen molar-refractivity contribution in [3.8, 4) is 0 Å². The van der Waals surface area contributed by atoms with E-state index in [-0.39, 0.29) is 6.04 Å². The Bertz CT molecular complexity index is 907. The van der Waals surface area contributed by atoms with Crippen molar-refractivity contribution in [1.29, 1.82) is 0 Å². The van der Waals surface area contributed by atoms with Gasteiger partial charge >= 0.3 is 0 Å². The van der Waals surface area contributed by atoms with Crippen LogP contribution >= 0.6 is 0 Å². The van der Waals surface area contributed by atoms with Crippen LogP contribution in [0.15, 0.2) is 24.4 Å². The van der Waals surface area contributed by atoms with Crippen LogP contribution in [0.5, 0.6) is 0 Å². The fourth-order valence-corrected chi connectivity index (χ4v) is 4.18. The fraction of sp³-hybridized carbons (Fsp3) is 0.500. The van der Waals surface area contributed by atoms with Crippen molar-refractivity contribution in [3.63, 3.8) is 0 Å². The molecule has 2 aromatic rings. The molecule has 2 heterocycles. The summed E-state index contributed by atoms with van der Waals surface area (Å²) in [5, 5.41) is 3.38. The van der Waals surface area contributed by atoms with E-state index in [9.17, 15) is 4.79 Å². The smallest absolute Gasteiger partial charge is 0.254 e. The largest absolute Gasteiger partial charge is 0.365 e. The number of piperidine rings is 1. The summed E-state index contributed by atoms with van der Waals surface area (Å²) in [5.74, 6) is 1.86. The molecule has 152 valence electrons. The Morgan fingerprint density at radius 3 is 2.34 bits per heavy atom. The number of anilines is 3. The van der Waals surface area contributed by atoms with Gasteiger partial charge in [0.25, 0.3) is 5.91 Å². The molecule has 5 rings (SSSR count). The Labute approximate surface area is 170 Å². The second-order valence-electron chi connectivity index (χ2n) is 8.71. The summed E-state index contributed by atoms with van der Waals surface area (Å²) in [6, 6.07) is 6.85. The van der Waals surface area contributed by atoms with E-state index in [4.69, 9.17) is 11.5 Å². The van der Waals surface area contributed by atoms with Gasteiger partial charge in [0.15, 0.2) is 0 Å². The molecule has 7 nitrogen and oxygen atoms in total. The molecule has 3 fully saturated rings. The molecular weight excluding hydrogens is 364 g/mol. The minimum atomic E-state index is -0.532. The summed E-state index contributed by atoms with van der Waals surface area (Å²) in [6.07, 6.45) is 8.58. The molecule has 5 N–H and O–H groups in total. The highest BCUT2D eigenvalue weighted by Gasteiger charge is 2.29. The minimum absolute atomic E-state index is 0.121. The maximum absolute atomic E-state index is 12.0. The van der Waals surface area contributed by atoms with Gasteiger partial charge in [0.1, 0.15) is 11.4 Å². The molecule has 0 bridgehead atoms. The third-order valence-electron chi connectivity index (χ3n) is 6.12. The van der Waals surface area contributed by atoms with E-state index in [1.54, 1.807) is 0 Å². The third kappa shape index (κ3) is 4.05. The first-order chi connectivity index (χ1) is 14.1. The second kappa shape index (κ2) is 7.30. The topological polar surface area (TPSA) is 110 Å². The summed E-state index contributed by atoms with van der Waals surface area (Å²) in [7, 11) is 0. The molecule has 1 aromatic carbocycles. The Morgan fingerprint density at radius 2 is 1.76 bits per heavy atom. The lowest BCUT2D eigenvalue weighted by atomic mass is 10.0. The first kappa shape index (κ1) is 18.4. The van der Waals surface area contributed by atoms with Gasteiger partial charge in [-0.15, -0.1) is 0 Å². The molecule has 0 spiro atoms. The van der Waals surface area contributed by atoms with E-state index < -0.39 is 5.91 Å². The summed E-state index contributed by atoms with van der Waals surface area (Å²) in [6.45, 7) is 1.59. The highest BCUT2D eigenvalue weighted by atomic mass is 16.1. The Kier molecular flexibility index (Phi) is 4.62. The van der Waals surface area contributed by atoms with Gasteiger partial charge in [0.2, 0.25) is 5.95 Å². The van der Waals surface area contributed by atoms with Crippen molar-refractivity contribution in [2.45, 2.75) is 56.4 Å². The Morgan fingerprint density at radius 1 is 1.07 bits per heavy atom. The number of amides is 1. The SMILES string of the molecule is NC(=O)c1cnc(N2CCC[C@H](N)C2)nc1Nc1cc(C2CC2)cc(C2CC2)c1. The summed E-state index contributed by atoms with van der Waals surface area (Å²) in [4.78, 5) is 23.1. The standard InChI is InChI=1S/C22H28N6O/c23-17-2-1-7-28(12-17)22-25-11-19(20(24)29)21(27-22)26-18-9-15(13-3-4-13)8-16(10-18)14-5-6-14/h8-11,13-14,17H,1-7,12,23H2,(H2,24,29)(H,25,26,27)/t17-/m0/s1. The zero-order chi connectivity index (χ0) is 20.0. The lowest BCUT2D eigenvalue weighted by Crippen LogP contribution is -2.43. The number of primary amides is 1. The van der Waals surface area contributed by atoms with Crippen LogP contribution in [0.1, 0.15) is 71.8 Å². The van der Waals surface area contributed by atoms with Crippen molar-refractivity contribution in [2.75, 3.05) is 23.3 Å². The van der Waals surface area contributed by atoms with Crippen LogP contribution in [-0.4, -0.2) is 35.0 Å². The van der Waals surface area contributed by atoms with Gasteiger partial charge in [0, 0.05) is 31.0 Å². The average Bonchev–Trinajstić information content (AvgIpc) is 3.60. The number of carbonyl (C=O) groups excluding carboxylic acids is 1. The van der Waals surface area contributed by atoms with Crippen LogP contribution in [0.25, 0.3) is 0 Å². The molecule has 1 amide bonds. The van der Waals surface area contributed by atoms with E-state index in [0.717, 1.165) is 31.6 Å². The predicted molar refractivity (Wildman–Crippen MR) is 114 cm³/mol. The fourth-order valence-electron chi connectivity index (χ4n) is 4.18. The van der Waals surface area contributed by atoms with Crippen LogP contribution in [0.3, 0.4) is 0 Å².